The van der Waals surface area contributed by atoms with Crippen LogP contribution in [0.2, 0.25) is 0 Å². The zero-order valence-electron chi connectivity index (χ0n) is 9.03. The van der Waals surface area contributed by atoms with Crippen molar-refractivity contribution in [2.45, 2.75) is 32.4 Å². The van der Waals surface area contributed by atoms with Crippen molar-refractivity contribution < 1.29 is 14.7 Å². The van der Waals surface area contributed by atoms with Crippen LogP contribution in [0.1, 0.15) is 20.3 Å². The number of carboxylic acids is 1. The summed E-state index contributed by atoms with van der Waals surface area (Å²) in [6.07, 6.45) is 0.844. The van der Waals surface area contributed by atoms with Crippen LogP contribution in [0.4, 0.5) is 0 Å². The van der Waals surface area contributed by atoms with E-state index in [9.17, 15) is 9.59 Å². The van der Waals surface area contributed by atoms with E-state index in [1.54, 1.807) is 0 Å². The van der Waals surface area contributed by atoms with Crippen LogP contribution in [-0.4, -0.2) is 40.6 Å². The summed E-state index contributed by atoms with van der Waals surface area (Å²) in [5.74, 6) is -0.142. The van der Waals surface area contributed by atoms with Crippen molar-refractivity contribution >= 4 is 23.6 Å². The first-order valence-corrected chi connectivity index (χ1v) is 5.92. The molecule has 0 aromatic carbocycles. The number of thioether (sulfide) groups is 1. The molecule has 1 amide bonds. The van der Waals surface area contributed by atoms with E-state index in [2.05, 4.69) is 5.32 Å². The van der Waals surface area contributed by atoms with Crippen LogP contribution in [0.15, 0.2) is 0 Å². The van der Waals surface area contributed by atoms with E-state index in [0.29, 0.717) is 5.75 Å². The number of carboxylic acid groups (broad SMARTS) is 1. The Bertz CT molecular complexity index is 221. The van der Waals surface area contributed by atoms with Crippen LogP contribution in [0, 0.1) is 0 Å². The fourth-order valence-corrected chi connectivity index (χ4v) is 2.06. The van der Waals surface area contributed by atoms with Crippen LogP contribution in [0.25, 0.3) is 0 Å². The summed E-state index contributed by atoms with van der Waals surface area (Å²) in [7, 11) is 0. The van der Waals surface area contributed by atoms with Gasteiger partial charge in [0.25, 0.3) is 0 Å². The molecule has 0 fully saturated rings. The van der Waals surface area contributed by atoms with Crippen LogP contribution in [0.5, 0.6) is 0 Å². The number of nitrogens with one attached hydrogen (secondary N) is 1. The van der Waals surface area contributed by atoms with E-state index in [-0.39, 0.29) is 11.9 Å². The Kier molecular flexibility index (Phi) is 7.15. The molecule has 0 aromatic heterocycles. The lowest BCUT2D eigenvalue weighted by Gasteiger charge is -2.12. The summed E-state index contributed by atoms with van der Waals surface area (Å²) in [5, 5.41) is 11.2. The second-order valence-electron chi connectivity index (χ2n) is 3.43. The molecule has 0 saturated heterocycles. The Labute approximate surface area is 93.8 Å². The van der Waals surface area contributed by atoms with Gasteiger partial charge >= 0.3 is 5.97 Å². The third-order valence-corrected chi connectivity index (χ3v) is 2.77. The number of hydrogen-bond acceptors (Lipinski definition) is 4. The number of nitrogens with two attached hydrogens (primary N) is 1. The topological polar surface area (TPSA) is 92.4 Å². The summed E-state index contributed by atoms with van der Waals surface area (Å²) in [5.41, 5.74) is 5.55. The van der Waals surface area contributed by atoms with Gasteiger partial charge in [-0.1, -0.05) is 0 Å². The fourth-order valence-electron chi connectivity index (χ4n) is 0.890. The zero-order valence-corrected chi connectivity index (χ0v) is 9.84. The average molecular weight is 234 g/mol. The molecule has 15 heavy (non-hydrogen) atoms. The quantitative estimate of drug-likeness (QED) is 0.541. The van der Waals surface area contributed by atoms with Crippen molar-refractivity contribution in [3.63, 3.8) is 0 Å². The summed E-state index contributed by atoms with van der Waals surface area (Å²) >= 11 is 1.48. The molecule has 6 heteroatoms. The Morgan fingerprint density at radius 2 is 2.13 bits per heavy atom. The van der Waals surface area contributed by atoms with Crippen molar-refractivity contribution in [3.05, 3.63) is 0 Å². The summed E-state index contributed by atoms with van der Waals surface area (Å²) in [6, 6.07) is -0.679. The highest BCUT2D eigenvalue weighted by Gasteiger charge is 2.17. The molecule has 0 aliphatic heterocycles. The summed E-state index contributed by atoms with van der Waals surface area (Å²) in [4.78, 5) is 21.4. The van der Waals surface area contributed by atoms with Gasteiger partial charge < -0.3 is 16.2 Å². The Balaban J connectivity index is 3.77. The van der Waals surface area contributed by atoms with Gasteiger partial charge in [-0.3, -0.25) is 4.79 Å². The fraction of sp³-hybridized carbons (Fsp3) is 0.778. The molecule has 4 N–H and O–H groups in total. The highest BCUT2D eigenvalue weighted by molar-refractivity contribution is 7.99. The molecule has 0 spiro atoms. The maximum atomic E-state index is 10.7. The van der Waals surface area contributed by atoms with Gasteiger partial charge in [0.1, 0.15) is 6.04 Å². The molecule has 0 aliphatic carbocycles. The SMILES string of the molecule is CC(=O)NC(CSCCC(C)N)C(=O)O. The Hall–Kier alpha value is -0.750. The normalized spacial score (nSPS) is 14.3. The molecule has 5 nitrogen and oxygen atoms in total. The lowest BCUT2D eigenvalue weighted by molar-refractivity contribution is -0.140. The Morgan fingerprint density at radius 3 is 2.53 bits per heavy atom. The number of hydrogen-bond donors (Lipinski definition) is 3. The monoisotopic (exact) mass is 234 g/mol. The zero-order chi connectivity index (χ0) is 11.8. The number of amides is 1. The lowest BCUT2D eigenvalue weighted by atomic mass is 10.3. The second kappa shape index (κ2) is 7.53. The minimum Gasteiger partial charge on any atom is -0.480 e. The minimum atomic E-state index is -1.00. The molecule has 0 bridgehead atoms. The third kappa shape index (κ3) is 8.26. The van der Waals surface area contributed by atoms with Gasteiger partial charge in [-0.05, 0) is 19.1 Å². The van der Waals surface area contributed by atoms with E-state index < -0.39 is 12.0 Å². The average Bonchev–Trinajstić information content (AvgIpc) is 2.08. The minimum absolute atomic E-state index is 0.126. The van der Waals surface area contributed by atoms with Gasteiger partial charge in [0.05, 0.1) is 0 Å². The molecule has 0 radical (unpaired) electrons. The van der Waals surface area contributed by atoms with Crippen LogP contribution in [0.3, 0.4) is 0 Å². The standard InChI is InChI=1S/C9H18N2O3S/c1-6(10)3-4-15-5-8(9(13)14)11-7(2)12/h6,8H,3-5,10H2,1-2H3,(H,11,12)(H,13,14). The number of aliphatic carboxylic acids is 1. The maximum Gasteiger partial charge on any atom is 0.327 e. The molecule has 88 valence electrons. The first kappa shape index (κ1) is 14.2. The second-order valence-corrected chi connectivity index (χ2v) is 4.58. The maximum absolute atomic E-state index is 10.7. The molecular formula is C9H18N2O3S. The molecule has 0 heterocycles. The first-order valence-electron chi connectivity index (χ1n) is 4.76. The number of rotatable bonds is 7. The highest BCUT2D eigenvalue weighted by Crippen LogP contribution is 2.06. The van der Waals surface area contributed by atoms with Crippen LogP contribution in [-0.2, 0) is 9.59 Å². The number of carbonyl (C=O) groups is 2. The molecule has 2 atom stereocenters. The summed E-state index contributed by atoms with van der Waals surface area (Å²) < 4.78 is 0. The van der Waals surface area contributed by atoms with Gasteiger partial charge in [0.15, 0.2) is 0 Å². The number of carbonyl (C=O) groups excluding carboxylic acids is 1. The van der Waals surface area contributed by atoms with E-state index in [1.807, 2.05) is 6.92 Å². The van der Waals surface area contributed by atoms with Crippen molar-refractivity contribution in [1.29, 1.82) is 0 Å². The van der Waals surface area contributed by atoms with Crippen molar-refractivity contribution in [3.8, 4) is 0 Å². The van der Waals surface area contributed by atoms with E-state index in [4.69, 9.17) is 10.8 Å². The van der Waals surface area contributed by atoms with Gasteiger partial charge in [0, 0.05) is 18.7 Å². The smallest absolute Gasteiger partial charge is 0.327 e. The predicted molar refractivity (Wildman–Crippen MR) is 60.8 cm³/mol. The molecule has 0 aliphatic rings. The van der Waals surface area contributed by atoms with Gasteiger partial charge in [-0.25, -0.2) is 4.79 Å². The predicted octanol–water partition coefficient (Wildman–Crippen LogP) is 0.0462. The largest absolute Gasteiger partial charge is 0.480 e. The Morgan fingerprint density at radius 1 is 1.53 bits per heavy atom. The molecule has 0 aromatic rings. The highest BCUT2D eigenvalue weighted by atomic mass is 32.2. The van der Waals surface area contributed by atoms with Crippen molar-refractivity contribution in [1.82, 2.24) is 5.32 Å². The van der Waals surface area contributed by atoms with Crippen LogP contribution < -0.4 is 11.1 Å². The van der Waals surface area contributed by atoms with Gasteiger partial charge in [-0.2, -0.15) is 11.8 Å². The molecular weight excluding hydrogens is 216 g/mol. The van der Waals surface area contributed by atoms with Crippen molar-refractivity contribution in [2.24, 2.45) is 5.73 Å². The summed E-state index contributed by atoms with van der Waals surface area (Å²) in [6.45, 7) is 3.21. The molecule has 2 unspecified atom stereocenters. The van der Waals surface area contributed by atoms with E-state index in [0.717, 1.165) is 12.2 Å². The molecule has 0 rings (SSSR count). The van der Waals surface area contributed by atoms with E-state index in [1.165, 1.54) is 18.7 Å². The van der Waals surface area contributed by atoms with Crippen molar-refractivity contribution in [2.75, 3.05) is 11.5 Å². The lowest BCUT2D eigenvalue weighted by Crippen LogP contribution is -2.41. The third-order valence-electron chi connectivity index (χ3n) is 1.68. The van der Waals surface area contributed by atoms with Gasteiger partial charge in [0.2, 0.25) is 5.91 Å². The van der Waals surface area contributed by atoms with Crippen LogP contribution >= 0.6 is 11.8 Å². The first-order chi connectivity index (χ1) is 6.93. The molecule has 0 saturated carbocycles. The van der Waals surface area contributed by atoms with Gasteiger partial charge in [-0.15, -0.1) is 0 Å². The van der Waals surface area contributed by atoms with E-state index >= 15 is 0 Å².